The number of hydrogen-bond donors (Lipinski definition) is 3. The van der Waals surface area contributed by atoms with E-state index in [4.69, 9.17) is 0 Å². The summed E-state index contributed by atoms with van der Waals surface area (Å²) in [6.07, 6.45) is 1.72. The van der Waals surface area contributed by atoms with Crippen LogP contribution in [0.5, 0.6) is 0 Å². The van der Waals surface area contributed by atoms with Crippen LogP contribution >= 0.6 is 0 Å². The highest BCUT2D eigenvalue weighted by molar-refractivity contribution is 6.09. The third-order valence-electron chi connectivity index (χ3n) is 4.46. The molecule has 4 rings (SSSR count). The summed E-state index contributed by atoms with van der Waals surface area (Å²) in [4.78, 5) is 0. The Hall–Kier alpha value is -2.20. The lowest BCUT2D eigenvalue weighted by molar-refractivity contribution is 0.0471. The van der Waals surface area contributed by atoms with Crippen LogP contribution in [0.1, 0.15) is 22.8 Å². The molecule has 3 heteroatoms. The van der Waals surface area contributed by atoms with Crippen LogP contribution < -0.4 is 0 Å². The maximum Gasteiger partial charge on any atom is 0.109 e. The van der Waals surface area contributed by atoms with Crippen molar-refractivity contribution in [2.75, 3.05) is 0 Å². The van der Waals surface area contributed by atoms with Gasteiger partial charge >= 0.3 is 0 Å². The van der Waals surface area contributed by atoms with Gasteiger partial charge in [-0.25, -0.2) is 0 Å². The van der Waals surface area contributed by atoms with Crippen molar-refractivity contribution in [2.24, 2.45) is 0 Å². The van der Waals surface area contributed by atoms with Gasteiger partial charge < -0.3 is 15.3 Å². The van der Waals surface area contributed by atoms with Crippen molar-refractivity contribution in [2.45, 2.75) is 18.8 Å². The third kappa shape index (κ3) is 1.87. The lowest BCUT2D eigenvalue weighted by atomic mass is 9.88. The fourth-order valence-corrected chi connectivity index (χ4v) is 3.27. The quantitative estimate of drug-likeness (QED) is 0.604. The number of rotatable bonds is 1. The zero-order valence-electron chi connectivity index (χ0n) is 11.9. The summed E-state index contributed by atoms with van der Waals surface area (Å²) < 4.78 is 0. The van der Waals surface area contributed by atoms with Crippen LogP contribution in [0.2, 0.25) is 0 Å². The molecular weight excluding hydrogens is 276 g/mol. The molecule has 0 spiro atoms. The van der Waals surface area contributed by atoms with E-state index in [1.807, 2.05) is 48.5 Å². The highest BCUT2D eigenvalue weighted by Gasteiger charge is 2.22. The minimum Gasteiger partial charge on any atom is -0.392 e. The molecule has 0 aliphatic heterocycles. The summed E-state index contributed by atoms with van der Waals surface area (Å²) >= 11 is 0. The second-order valence-corrected chi connectivity index (χ2v) is 5.73. The van der Waals surface area contributed by atoms with E-state index < -0.39 is 12.2 Å². The lowest BCUT2D eigenvalue weighted by Gasteiger charge is -2.22. The molecular formula is C19H16O3. The van der Waals surface area contributed by atoms with Gasteiger partial charge in [-0.15, -0.1) is 0 Å². The van der Waals surface area contributed by atoms with E-state index in [-0.39, 0.29) is 6.61 Å². The fraction of sp³-hybridized carbons (Fsp3) is 0.158. The Balaban J connectivity index is 2.07. The van der Waals surface area contributed by atoms with Crippen molar-refractivity contribution in [3.05, 3.63) is 65.2 Å². The molecule has 0 saturated heterocycles. The van der Waals surface area contributed by atoms with Gasteiger partial charge in [-0.05, 0) is 50.4 Å². The Morgan fingerprint density at radius 2 is 1.77 bits per heavy atom. The van der Waals surface area contributed by atoms with Gasteiger partial charge in [0.25, 0.3) is 0 Å². The average molecular weight is 292 g/mol. The second-order valence-electron chi connectivity index (χ2n) is 5.73. The van der Waals surface area contributed by atoms with Gasteiger partial charge in [0.15, 0.2) is 0 Å². The van der Waals surface area contributed by atoms with E-state index in [0.717, 1.165) is 38.2 Å². The van der Waals surface area contributed by atoms with Gasteiger partial charge in [0.05, 0.1) is 6.61 Å². The van der Waals surface area contributed by atoms with Crippen molar-refractivity contribution in [3.8, 4) is 0 Å². The fourth-order valence-electron chi connectivity index (χ4n) is 3.27. The van der Waals surface area contributed by atoms with E-state index in [2.05, 4.69) is 0 Å². The summed E-state index contributed by atoms with van der Waals surface area (Å²) in [7, 11) is 0. The predicted molar refractivity (Wildman–Crippen MR) is 87.4 cm³/mol. The van der Waals surface area contributed by atoms with Crippen LogP contribution in [0.25, 0.3) is 27.6 Å². The molecule has 0 amide bonds. The molecule has 22 heavy (non-hydrogen) atoms. The van der Waals surface area contributed by atoms with E-state index in [1.165, 1.54) is 0 Å². The van der Waals surface area contributed by atoms with Gasteiger partial charge in [0.2, 0.25) is 0 Å². The molecule has 1 aliphatic carbocycles. The summed E-state index contributed by atoms with van der Waals surface area (Å²) in [5.41, 5.74) is 2.58. The molecule has 2 atom stereocenters. The van der Waals surface area contributed by atoms with Crippen LogP contribution in [0.15, 0.2) is 48.5 Å². The first-order valence-electron chi connectivity index (χ1n) is 7.32. The van der Waals surface area contributed by atoms with Crippen molar-refractivity contribution in [1.82, 2.24) is 0 Å². The molecule has 0 bridgehead atoms. The first kappa shape index (κ1) is 13.5. The SMILES string of the molecule is OCc1cccc2c1ccc1cc3c(cc12)C=C[C@H](O)[C@H]3O. The van der Waals surface area contributed by atoms with Crippen molar-refractivity contribution < 1.29 is 15.3 Å². The summed E-state index contributed by atoms with van der Waals surface area (Å²) in [5.74, 6) is 0. The standard InChI is InChI=1S/C19H16O3/c20-10-13-2-1-3-15-14(13)6-4-11-9-17-12(8-16(11)15)5-7-18(21)19(17)22/h1-9,18-22H,10H2/t18-,19-/m0/s1. The van der Waals surface area contributed by atoms with Gasteiger partial charge in [0, 0.05) is 0 Å². The molecule has 3 aromatic carbocycles. The van der Waals surface area contributed by atoms with Gasteiger partial charge in [0.1, 0.15) is 12.2 Å². The maximum absolute atomic E-state index is 10.2. The van der Waals surface area contributed by atoms with Crippen molar-refractivity contribution in [3.63, 3.8) is 0 Å². The number of benzene rings is 3. The Bertz CT molecular complexity index is 911. The first-order chi connectivity index (χ1) is 10.7. The number of aliphatic hydroxyl groups excluding tert-OH is 3. The average Bonchev–Trinajstić information content (AvgIpc) is 2.56. The smallest absolute Gasteiger partial charge is 0.109 e. The molecule has 0 fully saturated rings. The number of fused-ring (bicyclic) bond motifs is 4. The molecule has 110 valence electrons. The van der Waals surface area contributed by atoms with Gasteiger partial charge in [-0.1, -0.05) is 42.5 Å². The van der Waals surface area contributed by atoms with Crippen LogP contribution in [-0.4, -0.2) is 21.4 Å². The van der Waals surface area contributed by atoms with Gasteiger partial charge in [-0.2, -0.15) is 0 Å². The summed E-state index contributed by atoms with van der Waals surface area (Å²) in [6, 6.07) is 13.9. The zero-order valence-corrected chi connectivity index (χ0v) is 11.9. The Kier molecular flexibility index (Phi) is 3.01. The second kappa shape index (κ2) is 4.92. The molecule has 0 heterocycles. The minimum atomic E-state index is -0.885. The minimum absolute atomic E-state index is 0.0125. The van der Waals surface area contributed by atoms with Crippen molar-refractivity contribution in [1.29, 1.82) is 0 Å². The highest BCUT2D eigenvalue weighted by atomic mass is 16.3. The Morgan fingerprint density at radius 3 is 2.59 bits per heavy atom. The van der Waals surface area contributed by atoms with Gasteiger partial charge in [-0.3, -0.25) is 0 Å². The molecule has 1 aliphatic rings. The highest BCUT2D eigenvalue weighted by Crippen LogP contribution is 2.35. The molecule has 3 nitrogen and oxygen atoms in total. The van der Waals surface area contributed by atoms with Crippen LogP contribution in [0.3, 0.4) is 0 Å². The number of aliphatic hydroxyl groups is 3. The summed E-state index contributed by atoms with van der Waals surface area (Å²) in [5, 5.41) is 33.6. The normalized spacial score (nSPS) is 20.5. The predicted octanol–water partition coefficient (Wildman–Crippen LogP) is 2.91. The van der Waals surface area contributed by atoms with E-state index in [9.17, 15) is 15.3 Å². The lowest BCUT2D eigenvalue weighted by Crippen LogP contribution is -2.19. The van der Waals surface area contributed by atoms with Crippen LogP contribution in [0.4, 0.5) is 0 Å². The molecule has 3 aromatic rings. The molecule has 3 N–H and O–H groups in total. The summed E-state index contributed by atoms with van der Waals surface area (Å²) in [6.45, 7) is 0.0125. The van der Waals surface area contributed by atoms with E-state index in [1.54, 1.807) is 6.08 Å². The Labute approximate surface area is 127 Å². The molecule has 0 aromatic heterocycles. The largest absolute Gasteiger partial charge is 0.392 e. The molecule has 0 saturated carbocycles. The zero-order chi connectivity index (χ0) is 15.3. The molecule has 0 unspecified atom stereocenters. The third-order valence-corrected chi connectivity index (χ3v) is 4.46. The number of hydrogen-bond acceptors (Lipinski definition) is 3. The van der Waals surface area contributed by atoms with E-state index in [0.29, 0.717) is 0 Å². The first-order valence-corrected chi connectivity index (χ1v) is 7.32. The maximum atomic E-state index is 10.2. The van der Waals surface area contributed by atoms with Crippen LogP contribution in [0, 0.1) is 0 Å². The monoisotopic (exact) mass is 292 g/mol. The Morgan fingerprint density at radius 1 is 0.909 bits per heavy atom. The van der Waals surface area contributed by atoms with Crippen LogP contribution in [-0.2, 0) is 6.61 Å². The van der Waals surface area contributed by atoms with E-state index >= 15 is 0 Å². The van der Waals surface area contributed by atoms with Crippen molar-refractivity contribution >= 4 is 27.6 Å². The molecule has 0 radical (unpaired) electrons. The topological polar surface area (TPSA) is 60.7 Å².